The van der Waals surface area contributed by atoms with Crippen molar-refractivity contribution in [2.24, 2.45) is 11.7 Å². The zero-order chi connectivity index (χ0) is 10.3. The van der Waals surface area contributed by atoms with Gasteiger partial charge in [0.15, 0.2) is 0 Å². The van der Waals surface area contributed by atoms with Gasteiger partial charge in [0.2, 0.25) is 5.91 Å². The van der Waals surface area contributed by atoms with E-state index in [2.05, 4.69) is 0 Å². The minimum absolute atomic E-state index is 0.113. The molecule has 0 saturated heterocycles. The molecule has 4 heteroatoms. The molecule has 1 atom stereocenters. The normalized spacial score (nSPS) is 12.6. The van der Waals surface area contributed by atoms with E-state index in [-0.39, 0.29) is 5.91 Å². The topological polar surface area (TPSA) is 55.6 Å². The van der Waals surface area contributed by atoms with Crippen molar-refractivity contribution >= 4 is 5.91 Å². The Labute approximate surface area is 80.0 Å². The standard InChI is InChI=1S/C9H20N2O2/c1-8(6-10)7-11(2)9(12)4-5-13-3/h8H,4-7,10H2,1-3H3. The molecule has 0 bridgehead atoms. The number of hydrogen-bond acceptors (Lipinski definition) is 3. The van der Waals surface area contributed by atoms with E-state index in [1.54, 1.807) is 19.1 Å². The van der Waals surface area contributed by atoms with Crippen LogP contribution in [0.1, 0.15) is 13.3 Å². The van der Waals surface area contributed by atoms with Gasteiger partial charge in [-0.05, 0) is 12.5 Å². The van der Waals surface area contributed by atoms with Crippen molar-refractivity contribution in [3.8, 4) is 0 Å². The van der Waals surface area contributed by atoms with E-state index in [0.717, 1.165) is 6.54 Å². The summed E-state index contributed by atoms with van der Waals surface area (Å²) in [4.78, 5) is 13.1. The first-order chi connectivity index (χ1) is 6.11. The van der Waals surface area contributed by atoms with Gasteiger partial charge in [-0.25, -0.2) is 0 Å². The summed E-state index contributed by atoms with van der Waals surface area (Å²) in [5.41, 5.74) is 5.46. The molecular formula is C9H20N2O2. The van der Waals surface area contributed by atoms with Crippen LogP contribution in [0.5, 0.6) is 0 Å². The number of hydrogen-bond donors (Lipinski definition) is 1. The smallest absolute Gasteiger partial charge is 0.224 e. The molecule has 1 unspecified atom stereocenters. The highest BCUT2D eigenvalue weighted by Crippen LogP contribution is 1.98. The highest BCUT2D eigenvalue weighted by molar-refractivity contribution is 5.75. The van der Waals surface area contributed by atoms with E-state index in [9.17, 15) is 4.79 Å². The molecule has 1 amide bonds. The lowest BCUT2D eigenvalue weighted by molar-refractivity contribution is -0.131. The quantitative estimate of drug-likeness (QED) is 0.642. The van der Waals surface area contributed by atoms with Crippen molar-refractivity contribution in [3.63, 3.8) is 0 Å². The second-order valence-electron chi connectivity index (χ2n) is 3.36. The lowest BCUT2D eigenvalue weighted by atomic mass is 10.2. The first-order valence-electron chi connectivity index (χ1n) is 4.54. The lowest BCUT2D eigenvalue weighted by Gasteiger charge is -2.20. The van der Waals surface area contributed by atoms with Gasteiger partial charge in [0.25, 0.3) is 0 Å². The van der Waals surface area contributed by atoms with Crippen molar-refractivity contribution in [3.05, 3.63) is 0 Å². The van der Waals surface area contributed by atoms with Gasteiger partial charge in [0.05, 0.1) is 13.0 Å². The van der Waals surface area contributed by atoms with E-state index >= 15 is 0 Å². The van der Waals surface area contributed by atoms with Crippen LogP contribution in [0.4, 0.5) is 0 Å². The fourth-order valence-electron chi connectivity index (χ4n) is 1.02. The highest BCUT2D eigenvalue weighted by atomic mass is 16.5. The largest absolute Gasteiger partial charge is 0.384 e. The first kappa shape index (κ1) is 12.4. The van der Waals surface area contributed by atoms with Crippen LogP contribution in [-0.2, 0) is 9.53 Å². The summed E-state index contributed by atoms with van der Waals surface area (Å²) < 4.78 is 4.82. The van der Waals surface area contributed by atoms with Gasteiger partial charge in [0.1, 0.15) is 0 Å². The summed E-state index contributed by atoms with van der Waals surface area (Å²) in [6, 6.07) is 0. The maximum Gasteiger partial charge on any atom is 0.224 e. The van der Waals surface area contributed by atoms with Crippen molar-refractivity contribution in [1.82, 2.24) is 4.90 Å². The van der Waals surface area contributed by atoms with E-state index in [1.807, 2.05) is 6.92 Å². The van der Waals surface area contributed by atoms with Crippen molar-refractivity contribution < 1.29 is 9.53 Å². The molecule has 13 heavy (non-hydrogen) atoms. The number of nitrogens with zero attached hydrogens (tertiary/aromatic N) is 1. The van der Waals surface area contributed by atoms with E-state index in [0.29, 0.717) is 25.5 Å². The molecule has 0 aromatic carbocycles. The summed E-state index contributed by atoms with van der Waals surface area (Å²) in [5, 5.41) is 0. The number of methoxy groups -OCH3 is 1. The molecule has 0 aliphatic carbocycles. The Morgan fingerprint density at radius 2 is 2.23 bits per heavy atom. The van der Waals surface area contributed by atoms with Crippen LogP contribution in [0, 0.1) is 5.92 Å². The van der Waals surface area contributed by atoms with E-state index < -0.39 is 0 Å². The van der Waals surface area contributed by atoms with Gasteiger partial charge < -0.3 is 15.4 Å². The molecule has 0 spiro atoms. The molecule has 0 fully saturated rings. The van der Waals surface area contributed by atoms with E-state index in [1.165, 1.54) is 0 Å². The maximum absolute atomic E-state index is 11.4. The Bertz CT molecular complexity index is 151. The summed E-state index contributed by atoms with van der Waals surface area (Å²) >= 11 is 0. The second kappa shape index (κ2) is 6.86. The molecular weight excluding hydrogens is 168 g/mol. The average Bonchev–Trinajstić information content (AvgIpc) is 2.13. The summed E-state index contributed by atoms with van der Waals surface area (Å²) in [5.74, 6) is 0.471. The molecule has 0 radical (unpaired) electrons. The van der Waals surface area contributed by atoms with Crippen molar-refractivity contribution in [2.45, 2.75) is 13.3 Å². The predicted octanol–water partition coefficient (Wildman–Crippen LogP) is 0.0761. The van der Waals surface area contributed by atoms with Crippen LogP contribution in [0.25, 0.3) is 0 Å². The monoisotopic (exact) mass is 188 g/mol. The molecule has 0 saturated carbocycles. The third kappa shape index (κ3) is 5.60. The number of ether oxygens (including phenoxy) is 1. The Morgan fingerprint density at radius 1 is 1.62 bits per heavy atom. The van der Waals surface area contributed by atoms with Gasteiger partial charge in [-0.1, -0.05) is 6.92 Å². The van der Waals surface area contributed by atoms with Crippen LogP contribution < -0.4 is 5.73 Å². The number of amides is 1. The zero-order valence-corrected chi connectivity index (χ0v) is 8.75. The molecule has 0 heterocycles. The van der Waals surface area contributed by atoms with Gasteiger partial charge in [0, 0.05) is 20.7 Å². The highest BCUT2D eigenvalue weighted by Gasteiger charge is 2.10. The second-order valence-corrected chi connectivity index (χ2v) is 3.36. The molecule has 0 rings (SSSR count). The van der Waals surface area contributed by atoms with Crippen LogP contribution in [-0.4, -0.2) is 44.7 Å². The number of carbonyl (C=O) groups is 1. The van der Waals surface area contributed by atoms with Crippen LogP contribution >= 0.6 is 0 Å². The maximum atomic E-state index is 11.4. The summed E-state index contributed by atoms with van der Waals surface area (Å²) in [7, 11) is 3.39. The van der Waals surface area contributed by atoms with Crippen molar-refractivity contribution in [2.75, 3.05) is 33.9 Å². The van der Waals surface area contributed by atoms with Gasteiger partial charge in [-0.15, -0.1) is 0 Å². The SMILES string of the molecule is COCCC(=O)N(C)CC(C)CN. The van der Waals surface area contributed by atoms with Crippen LogP contribution in [0.2, 0.25) is 0 Å². The minimum Gasteiger partial charge on any atom is -0.384 e. The number of rotatable bonds is 6. The molecule has 0 aromatic rings. The Morgan fingerprint density at radius 3 is 2.69 bits per heavy atom. The van der Waals surface area contributed by atoms with Crippen LogP contribution in [0.3, 0.4) is 0 Å². The van der Waals surface area contributed by atoms with Crippen LogP contribution in [0.15, 0.2) is 0 Å². The fourth-order valence-corrected chi connectivity index (χ4v) is 1.02. The third-order valence-corrected chi connectivity index (χ3v) is 1.93. The fraction of sp³-hybridized carbons (Fsp3) is 0.889. The third-order valence-electron chi connectivity index (χ3n) is 1.93. The summed E-state index contributed by atoms with van der Waals surface area (Å²) in [6.45, 7) is 3.85. The number of carbonyl (C=O) groups excluding carboxylic acids is 1. The van der Waals surface area contributed by atoms with Crippen molar-refractivity contribution in [1.29, 1.82) is 0 Å². The summed E-state index contributed by atoms with van der Waals surface area (Å²) in [6.07, 6.45) is 0.449. The molecule has 4 nitrogen and oxygen atoms in total. The minimum atomic E-state index is 0.113. The predicted molar refractivity (Wildman–Crippen MR) is 52.3 cm³/mol. The molecule has 0 aromatic heterocycles. The van der Waals surface area contributed by atoms with Gasteiger partial charge >= 0.3 is 0 Å². The Kier molecular flexibility index (Phi) is 6.54. The Balaban J connectivity index is 3.68. The molecule has 0 aliphatic rings. The average molecular weight is 188 g/mol. The number of nitrogens with two attached hydrogens (primary N) is 1. The lowest BCUT2D eigenvalue weighted by Crippen LogP contribution is -2.33. The molecule has 0 aliphatic heterocycles. The van der Waals surface area contributed by atoms with Gasteiger partial charge in [-0.2, -0.15) is 0 Å². The zero-order valence-electron chi connectivity index (χ0n) is 8.75. The first-order valence-corrected chi connectivity index (χ1v) is 4.54. The van der Waals surface area contributed by atoms with E-state index in [4.69, 9.17) is 10.5 Å². The molecule has 2 N–H and O–H groups in total. The van der Waals surface area contributed by atoms with Gasteiger partial charge in [-0.3, -0.25) is 4.79 Å². The molecule has 78 valence electrons. The Hall–Kier alpha value is -0.610.